The lowest BCUT2D eigenvalue weighted by Crippen LogP contribution is -2.49. The zero-order valence-corrected chi connectivity index (χ0v) is 15.1. The van der Waals surface area contributed by atoms with Crippen molar-refractivity contribution in [2.45, 2.75) is 45.4 Å². The van der Waals surface area contributed by atoms with Crippen molar-refractivity contribution in [2.24, 2.45) is 5.11 Å². The van der Waals surface area contributed by atoms with Gasteiger partial charge in [0.25, 0.3) is 0 Å². The van der Waals surface area contributed by atoms with Crippen LogP contribution in [0.15, 0.2) is 35.4 Å². The molecule has 0 saturated heterocycles. The second kappa shape index (κ2) is 9.54. The highest BCUT2D eigenvalue weighted by molar-refractivity contribution is 5.85. The number of azide groups is 1. The molecule has 1 atom stereocenters. The van der Waals surface area contributed by atoms with Crippen LogP contribution in [0.3, 0.4) is 0 Å². The summed E-state index contributed by atoms with van der Waals surface area (Å²) in [5, 5.41) is 6.25. The van der Waals surface area contributed by atoms with Crippen molar-refractivity contribution < 1.29 is 14.3 Å². The fourth-order valence-corrected chi connectivity index (χ4v) is 2.09. The first-order chi connectivity index (χ1) is 11.7. The maximum atomic E-state index is 12.5. The van der Waals surface area contributed by atoms with Crippen LogP contribution in [0.2, 0.25) is 0 Å². The molecular formula is C17H25N5O3. The van der Waals surface area contributed by atoms with Gasteiger partial charge in [0.2, 0.25) is 5.91 Å². The predicted octanol–water partition coefficient (Wildman–Crippen LogP) is 3.24. The van der Waals surface area contributed by atoms with E-state index in [0.29, 0.717) is 6.54 Å². The molecule has 1 rings (SSSR count). The minimum absolute atomic E-state index is 0.104. The van der Waals surface area contributed by atoms with E-state index in [1.165, 1.54) is 11.9 Å². The largest absolute Gasteiger partial charge is 0.444 e. The molecule has 0 heterocycles. The van der Waals surface area contributed by atoms with E-state index < -0.39 is 17.7 Å². The number of carbonyl (C=O) groups is 2. The Morgan fingerprint density at radius 1 is 1.32 bits per heavy atom. The zero-order chi connectivity index (χ0) is 18.9. The van der Waals surface area contributed by atoms with Crippen LogP contribution in [-0.4, -0.2) is 42.1 Å². The number of hydrogen-bond acceptors (Lipinski definition) is 4. The van der Waals surface area contributed by atoms with Crippen LogP contribution in [0.5, 0.6) is 0 Å². The number of amides is 2. The number of hydrogen-bond donors (Lipinski definition) is 1. The Morgan fingerprint density at radius 3 is 2.52 bits per heavy atom. The summed E-state index contributed by atoms with van der Waals surface area (Å²) in [5.74, 6) is -0.328. The summed E-state index contributed by atoms with van der Waals surface area (Å²) in [6.07, 6.45) is -0.395. The third-order valence-corrected chi connectivity index (χ3v) is 3.33. The molecule has 2 amide bonds. The van der Waals surface area contributed by atoms with E-state index in [-0.39, 0.29) is 18.9 Å². The van der Waals surface area contributed by atoms with Crippen LogP contribution in [0.1, 0.15) is 32.8 Å². The van der Waals surface area contributed by atoms with Crippen LogP contribution >= 0.6 is 0 Å². The molecule has 8 heteroatoms. The Bertz CT molecular complexity index is 621. The van der Waals surface area contributed by atoms with Crippen molar-refractivity contribution in [1.29, 1.82) is 0 Å². The highest BCUT2D eigenvalue weighted by atomic mass is 16.6. The second-order valence-corrected chi connectivity index (χ2v) is 6.55. The fourth-order valence-electron chi connectivity index (χ4n) is 2.09. The number of ether oxygens (including phenoxy) is 1. The van der Waals surface area contributed by atoms with Gasteiger partial charge in [-0.3, -0.25) is 9.69 Å². The maximum absolute atomic E-state index is 12.5. The Labute approximate surface area is 147 Å². The third-order valence-electron chi connectivity index (χ3n) is 3.33. The number of nitrogens with one attached hydrogen (secondary N) is 1. The van der Waals surface area contributed by atoms with Crippen molar-refractivity contribution >= 4 is 12.0 Å². The van der Waals surface area contributed by atoms with Gasteiger partial charge in [0.15, 0.2) is 0 Å². The first kappa shape index (κ1) is 20.3. The number of benzene rings is 1. The minimum atomic E-state index is -0.788. The van der Waals surface area contributed by atoms with Crippen molar-refractivity contribution in [2.75, 3.05) is 13.6 Å². The lowest BCUT2D eigenvalue weighted by atomic mass is 10.1. The van der Waals surface area contributed by atoms with E-state index in [1.807, 2.05) is 30.3 Å². The van der Waals surface area contributed by atoms with E-state index in [1.54, 1.807) is 20.8 Å². The van der Waals surface area contributed by atoms with Gasteiger partial charge >= 0.3 is 6.09 Å². The number of rotatable bonds is 7. The molecule has 0 aromatic heterocycles. The van der Waals surface area contributed by atoms with E-state index >= 15 is 0 Å². The lowest BCUT2D eigenvalue weighted by Gasteiger charge is -2.29. The van der Waals surface area contributed by atoms with Gasteiger partial charge in [0, 0.05) is 25.0 Å². The van der Waals surface area contributed by atoms with Crippen LogP contribution < -0.4 is 5.32 Å². The number of likely N-dealkylation sites (N-methyl/N-ethyl adjacent to an activating group) is 1. The minimum Gasteiger partial charge on any atom is -0.444 e. The monoisotopic (exact) mass is 347 g/mol. The summed E-state index contributed by atoms with van der Waals surface area (Å²) in [6.45, 7) is 5.71. The highest BCUT2D eigenvalue weighted by Crippen LogP contribution is 2.13. The number of carbonyl (C=O) groups excluding carboxylic acids is 2. The molecule has 0 saturated carbocycles. The Balaban J connectivity index is 2.77. The first-order valence-corrected chi connectivity index (χ1v) is 8.03. The molecule has 0 bridgehead atoms. The van der Waals surface area contributed by atoms with Crippen molar-refractivity contribution in [3.05, 3.63) is 46.3 Å². The standard InChI is InChI=1S/C17H25N5O3/c1-17(2,3)25-16(24)22(4)14(10-11-20-21-18)15(23)19-12-13-8-6-5-7-9-13/h5-9,14H,10-12H2,1-4H3,(H,19,23)/t14-/m0/s1. The average Bonchev–Trinajstić information content (AvgIpc) is 2.55. The summed E-state index contributed by atoms with van der Waals surface area (Å²) < 4.78 is 5.30. The van der Waals surface area contributed by atoms with Gasteiger partial charge in [-0.15, -0.1) is 0 Å². The topological polar surface area (TPSA) is 107 Å². The maximum Gasteiger partial charge on any atom is 0.410 e. The van der Waals surface area contributed by atoms with Gasteiger partial charge in [0.05, 0.1) is 0 Å². The molecule has 0 aliphatic carbocycles. The summed E-state index contributed by atoms with van der Waals surface area (Å²) in [5.41, 5.74) is 8.71. The Hall–Kier alpha value is -2.73. The smallest absolute Gasteiger partial charge is 0.410 e. The van der Waals surface area contributed by atoms with Gasteiger partial charge in [-0.25, -0.2) is 4.79 Å². The average molecular weight is 347 g/mol. The molecule has 0 unspecified atom stereocenters. The molecule has 8 nitrogen and oxygen atoms in total. The molecule has 0 aliphatic rings. The Morgan fingerprint density at radius 2 is 1.96 bits per heavy atom. The molecule has 1 N–H and O–H groups in total. The van der Waals surface area contributed by atoms with Gasteiger partial charge in [-0.1, -0.05) is 35.4 Å². The molecule has 0 aliphatic heterocycles. The summed E-state index contributed by atoms with van der Waals surface area (Å²) in [6, 6.07) is 8.66. The van der Waals surface area contributed by atoms with Gasteiger partial charge in [-0.2, -0.15) is 0 Å². The van der Waals surface area contributed by atoms with Gasteiger partial charge < -0.3 is 10.1 Å². The molecule has 0 radical (unpaired) electrons. The first-order valence-electron chi connectivity index (χ1n) is 8.03. The predicted molar refractivity (Wildman–Crippen MR) is 94.7 cm³/mol. The lowest BCUT2D eigenvalue weighted by molar-refractivity contribution is -0.126. The summed E-state index contributed by atoms with van der Waals surface area (Å²) >= 11 is 0. The highest BCUT2D eigenvalue weighted by Gasteiger charge is 2.29. The van der Waals surface area contributed by atoms with E-state index in [4.69, 9.17) is 10.3 Å². The quantitative estimate of drug-likeness (QED) is 0.464. The molecular weight excluding hydrogens is 322 g/mol. The van der Waals surface area contributed by atoms with Gasteiger partial charge in [-0.05, 0) is 38.3 Å². The number of nitrogens with zero attached hydrogens (tertiary/aromatic N) is 4. The summed E-state index contributed by atoms with van der Waals surface area (Å²) in [7, 11) is 1.50. The summed E-state index contributed by atoms with van der Waals surface area (Å²) in [4.78, 5) is 28.7. The van der Waals surface area contributed by atoms with Crippen LogP contribution in [0.4, 0.5) is 4.79 Å². The van der Waals surface area contributed by atoms with E-state index in [0.717, 1.165) is 5.56 Å². The third kappa shape index (κ3) is 7.58. The van der Waals surface area contributed by atoms with E-state index in [2.05, 4.69) is 15.3 Å². The van der Waals surface area contributed by atoms with Gasteiger partial charge in [0.1, 0.15) is 11.6 Å². The molecule has 1 aromatic carbocycles. The SMILES string of the molecule is CN(C(=O)OC(C)(C)C)[C@@H](CCN=[N+]=[N-])C(=O)NCc1ccccc1. The second-order valence-electron chi connectivity index (χ2n) is 6.55. The normalized spacial score (nSPS) is 11.8. The molecule has 0 spiro atoms. The fraction of sp³-hybridized carbons (Fsp3) is 0.529. The molecule has 1 aromatic rings. The van der Waals surface area contributed by atoms with Crippen LogP contribution in [-0.2, 0) is 16.1 Å². The van der Waals surface area contributed by atoms with Crippen molar-refractivity contribution in [3.63, 3.8) is 0 Å². The Kier molecular flexibility index (Phi) is 7.75. The molecule has 25 heavy (non-hydrogen) atoms. The van der Waals surface area contributed by atoms with E-state index in [9.17, 15) is 9.59 Å². The van der Waals surface area contributed by atoms with Crippen molar-refractivity contribution in [3.8, 4) is 0 Å². The van der Waals surface area contributed by atoms with Crippen LogP contribution in [0.25, 0.3) is 10.4 Å². The molecule has 136 valence electrons. The zero-order valence-electron chi connectivity index (χ0n) is 15.1. The van der Waals surface area contributed by atoms with Crippen LogP contribution in [0, 0.1) is 0 Å². The van der Waals surface area contributed by atoms with Crippen molar-refractivity contribution in [1.82, 2.24) is 10.2 Å². The molecule has 0 fully saturated rings.